The zero-order chi connectivity index (χ0) is 15.6. The molecule has 2 aromatic rings. The Bertz CT molecular complexity index is 720. The molecular formula is C14H13F2N3OS. The van der Waals surface area contributed by atoms with Crippen LogP contribution in [0, 0.1) is 25.5 Å². The van der Waals surface area contributed by atoms with Crippen molar-refractivity contribution in [1.82, 2.24) is 4.98 Å². The number of hydrogen-bond acceptors (Lipinski definition) is 4. The zero-order valence-corrected chi connectivity index (χ0v) is 12.2. The van der Waals surface area contributed by atoms with Crippen LogP contribution in [-0.4, -0.2) is 16.0 Å². The minimum atomic E-state index is -0.923. The number of hydrogen-bond donors (Lipinski definition) is 2. The van der Waals surface area contributed by atoms with Crippen molar-refractivity contribution in [1.29, 1.82) is 0 Å². The molecular weight excluding hydrogens is 296 g/mol. The molecule has 0 amide bonds. The van der Waals surface area contributed by atoms with Crippen molar-refractivity contribution in [3.05, 3.63) is 52.9 Å². The van der Waals surface area contributed by atoms with Gasteiger partial charge < -0.3 is 10.9 Å². The Hall–Kier alpha value is -2.15. The van der Waals surface area contributed by atoms with Crippen molar-refractivity contribution < 1.29 is 14.0 Å². The summed E-state index contributed by atoms with van der Waals surface area (Å²) in [6.45, 7) is 3.54. The van der Waals surface area contributed by atoms with Gasteiger partial charge in [-0.15, -0.1) is 0 Å². The Morgan fingerprint density at radius 3 is 2.57 bits per heavy atom. The van der Waals surface area contributed by atoms with Gasteiger partial charge in [0.05, 0.1) is 5.56 Å². The second kappa shape index (κ2) is 6.09. The van der Waals surface area contributed by atoms with Gasteiger partial charge in [0, 0.05) is 21.2 Å². The molecule has 0 saturated carbocycles. The molecule has 7 heteroatoms. The number of aryl methyl sites for hydroxylation is 2. The summed E-state index contributed by atoms with van der Waals surface area (Å²) in [4.78, 5) is 5.42. The molecule has 3 N–H and O–H groups in total. The number of rotatable bonds is 3. The number of nitrogens with zero attached hydrogens (tertiary/aromatic N) is 2. The lowest BCUT2D eigenvalue weighted by Crippen LogP contribution is -2.17. The Morgan fingerprint density at radius 1 is 1.24 bits per heavy atom. The van der Waals surface area contributed by atoms with E-state index in [0.29, 0.717) is 21.0 Å². The number of benzene rings is 1. The van der Waals surface area contributed by atoms with Crippen LogP contribution in [0.2, 0.25) is 0 Å². The second-order valence-electron chi connectivity index (χ2n) is 4.39. The van der Waals surface area contributed by atoms with E-state index in [-0.39, 0.29) is 5.84 Å². The number of aromatic nitrogens is 1. The summed E-state index contributed by atoms with van der Waals surface area (Å²) >= 11 is 1.19. The number of halogens is 2. The minimum absolute atomic E-state index is 0.0786. The molecule has 2 rings (SSSR count). The summed E-state index contributed by atoms with van der Waals surface area (Å²) in [6, 6.07) is 5.36. The van der Waals surface area contributed by atoms with E-state index in [1.54, 1.807) is 19.9 Å². The highest BCUT2D eigenvalue weighted by Gasteiger charge is 2.15. The summed E-state index contributed by atoms with van der Waals surface area (Å²) in [7, 11) is 0. The number of nitrogens with two attached hydrogens (primary N) is 1. The molecule has 0 fully saturated rings. The lowest BCUT2D eigenvalue weighted by Gasteiger charge is -2.12. The maximum atomic E-state index is 13.3. The van der Waals surface area contributed by atoms with Gasteiger partial charge in [-0.3, -0.25) is 4.98 Å². The monoisotopic (exact) mass is 309 g/mol. The third-order valence-corrected chi connectivity index (χ3v) is 3.81. The molecule has 4 nitrogen and oxygen atoms in total. The van der Waals surface area contributed by atoms with Crippen LogP contribution in [0.5, 0.6) is 0 Å². The smallest absolute Gasteiger partial charge is 0.173 e. The topological polar surface area (TPSA) is 71.5 Å². The summed E-state index contributed by atoms with van der Waals surface area (Å²) in [5, 5.41) is 11.9. The molecule has 0 atom stereocenters. The average Bonchev–Trinajstić information content (AvgIpc) is 2.41. The molecule has 0 aliphatic rings. The fourth-order valence-corrected chi connectivity index (χ4v) is 3.04. The van der Waals surface area contributed by atoms with Gasteiger partial charge in [0.15, 0.2) is 17.5 Å². The van der Waals surface area contributed by atoms with E-state index in [0.717, 1.165) is 17.8 Å². The molecule has 0 unspecified atom stereocenters. The molecule has 0 aliphatic heterocycles. The van der Waals surface area contributed by atoms with Gasteiger partial charge >= 0.3 is 0 Å². The fraction of sp³-hybridized carbons (Fsp3) is 0.143. The van der Waals surface area contributed by atoms with Crippen LogP contribution in [0.1, 0.15) is 17.0 Å². The van der Waals surface area contributed by atoms with Gasteiger partial charge in [-0.25, -0.2) is 8.78 Å². The van der Waals surface area contributed by atoms with E-state index >= 15 is 0 Å². The van der Waals surface area contributed by atoms with E-state index in [1.807, 2.05) is 0 Å². The normalized spacial score (nSPS) is 11.7. The quantitative estimate of drug-likeness (QED) is 0.395. The van der Waals surface area contributed by atoms with Crippen LogP contribution < -0.4 is 5.73 Å². The Morgan fingerprint density at radius 2 is 1.95 bits per heavy atom. The van der Waals surface area contributed by atoms with Gasteiger partial charge in [0.1, 0.15) is 0 Å². The van der Waals surface area contributed by atoms with Crippen molar-refractivity contribution >= 4 is 17.6 Å². The van der Waals surface area contributed by atoms with E-state index < -0.39 is 11.6 Å². The lowest BCUT2D eigenvalue weighted by atomic mass is 10.1. The zero-order valence-electron chi connectivity index (χ0n) is 11.4. The first-order valence-electron chi connectivity index (χ1n) is 6.01. The SMILES string of the molecule is Cc1cc(Sc2ccc(F)c(F)c2)c(/C(N)=N/O)c(C)n1. The molecule has 0 radical (unpaired) electrons. The standard InChI is InChI=1S/C14H13F2N3OS/c1-7-5-12(13(8(2)18-7)14(17)19-20)21-9-3-4-10(15)11(16)6-9/h3-6,20H,1-2H3,(H2,17,19). The van der Waals surface area contributed by atoms with Crippen molar-refractivity contribution in [3.63, 3.8) is 0 Å². The first kappa shape index (κ1) is 15.2. The largest absolute Gasteiger partial charge is 0.409 e. The predicted octanol–water partition coefficient (Wildman–Crippen LogP) is 3.22. The van der Waals surface area contributed by atoms with Gasteiger partial charge in [-0.2, -0.15) is 0 Å². The van der Waals surface area contributed by atoms with Gasteiger partial charge in [-0.1, -0.05) is 16.9 Å². The predicted molar refractivity (Wildman–Crippen MR) is 76.7 cm³/mol. The van der Waals surface area contributed by atoms with E-state index in [1.165, 1.54) is 17.8 Å². The summed E-state index contributed by atoms with van der Waals surface area (Å²) in [5.41, 5.74) is 7.47. The number of pyridine rings is 1. The number of oxime groups is 1. The highest BCUT2D eigenvalue weighted by molar-refractivity contribution is 7.99. The maximum Gasteiger partial charge on any atom is 0.173 e. The average molecular weight is 309 g/mol. The van der Waals surface area contributed by atoms with Gasteiger partial charge in [0.2, 0.25) is 0 Å². The Balaban J connectivity index is 2.50. The third-order valence-electron chi connectivity index (χ3n) is 2.77. The Labute approximate surface area is 124 Å². The lowest BCUT2D eigenvalue weighted by molar-refractivity contribution is 0.318. The molecule has 0 bridgehead atoms. The maximum absolute atomic E-state index is 13.3. The Kier molecular flexibility index (Phi) is 4.42. The third kappa shape index (κ3) is 3.30. The summed E-state index contributed by atoms with van der Waals surface area (Å²) in [6.07, 6.45) is 0. The molecule has 1 aromatic heterocycles. The van der Waals surface area contributed by atoms with Crippen molar-refractivity contribution in [3.8, 4) is 0 Å². The van der Waals surface area contributed by atoms with E-state index in [2.05, 4.69) is 10.1 Å². The van der Waals surface area contributed by atoms with Crippen LogP contribution in [0.15, 0.2) is 39.2 Å². The molecule has 0 spiro atoms. The van der Waals surface area contributed by atoms with Crippen LogP contribution in [0.4, 0.5) is 8.78 Å². The van der Waals surface area contributed by atoms with Crippen molar-refractivity contribution in [2.75, 3.05) is 0 Å². The highest BCUT2D eigenvalue weighted by Crippen LogP contribution is 2.32. The molecule has 1 aromatic carbocycles. The first-order valence-corrected chi connectivity index (χ1v) is 6.83. The minimum Gasteiger partial charge on any atom is -0.409 e. The van der Waals surface area contributed by atoms with Crippen LogP contribution in [0.25, 0.3) is 0 Å². The summed E-state index contributed by atoms with van der Waals surface area (Å²) in [5.74, 6) is -1.91. The van der Waals surface area contributed by atoms with Crippen LogP contribution in [-0.2, 0) is 0 Å². The van der Waals surface area contributed by atoms with E-state index in [4.69, 9.17) is 10.9 Å². The number of amidine groups is 1. The van der Waals surface area contributed by atoms with Crippen LogP contribution >= 0.6 is 11.8 Å². The van der Waals surface area contributed by atoms with Gasteiger partial charge in [-0.05, 0) is 38.1 Å². The van der Waals surface area contributed by atoms with Crippen LogP contribution in [0.3, 0.4) is 0 Å². The molecule has 110 valence electrons. The van der Waals surface area contributed by atoms with Gasteiger partial charge in [0.25, 0.3) is 0 Å². The van der Waals surface area contributed by atoms with Crippen molar-refractivity contribution in [2.24, 2.45) is 10.9 Å². The fourth-order valence-electron chi connectivity index (χ4n) is 1.90. The molecule has 21 heavy (non-hydrogen) atoms. The highest BCUT2D eigenvalue weighted by atomic mass is 32.2. The summed E-state index contributed by atoms with van der Waals surface area (Å²) < 4.78 is 26.2. The second-order valence-corrected chi connectivity index (χ2v) is 5.50. The molecule has 0 aliphatic carbocycles. The molecule has 1 heterocycles. The first-order chi connectivity index (χ1) is 9.92. The molecule has 0 saturated heterocycles. The van der Waals surface area contributed by atoms with Crippen molar-refractivity contribution in [2.45, 2.75) is 23.6 Å². The van der Waals surface area contributed by atoms with E-state index in [9.17, 15) is 8.78 Å².